The number of halogens is 1. The first-order chi connectivity index (χ1) is 10.8. The molecular weight excluding hydrogens is 316 g/mol. The Morgan fingerprint density at radius 3 is 2.48 bits per heavy atom. The van der Waals surface area contributed by atoms with Gasteiger partial charge in [-0.05, 0) is 18.3 Å². The molecule has 5 N–H and O–H groups in total. The summed E-state index contributed by atoms with van der Waals surface area (Å²) in [6.45, 7) is 4.40. The summed E-state index contributed by atoms with van der Waals surface area (Å²) in [6.07, 6.45) is 5.67. The Morgan fingerprint density at radius 1 is 1.35 bits per heavy atom. The molecule has 0 unspecified atom stereocenters. The fraction of sp³-hybridized carbons (Fsp3) is 0.941. The van der Waals surface area contributed by atoms with Crippen molar-refractivity contribution in [2.24, 2.45) is 17.6 Å². The highest BCUT2D eigenvalue weighted by Crippen LogP contribution is 2.28. The van der Waals surface area contributed by atoms with Crippen LogP contribution in [0.5, 0.6) is 0 Å². The van der Waals surface area contributed by atoms with Crippen molar-refractivity contribution < 1.29 is 15.0 Å². The lowest BCUT2D eigenvalue weighted by Gasteiger charge is -2.31. The summed E-state index contributed by atoms with van der Waals surface area (Å²) in [5.74, 6) is 0.0128. The molecule has 136 valence electrons. The highest BCUT2D eigenvalue weighted by molar-refractivity contribution is 6.20. The highest BCUT2D eigenvalue weighted by atomic mass is 35.5. The van der Waals surface area contributed by atoms with Gasteiger partial charge in [0.05, 0.1) is 12.0 Å². The molecule has 0 radical (unpaired) electrons. The molecule has 0 aromatic heterocycles. The molecular formula is C17H33ClN2O3. The zero-order valence-electron chi connectivity index (χ0n) is 14.4. The average Bonchev–Trinajstić information content (AvgIpc) is 2.53. The van der Waals surface area contributed by atoms with E-state index in [1.54, 1.807) is 0 Å². The van der Waals surface area contributed by atoms with Gasteiger partial charge >= 0.3 is 0 Å². The number of carbonyl (C=O) groups is 1. The predicted octanol–water partition coefficient (Wildman–Crippen LogP) is 1.78. The topological polar surface area (TPSA) is 95.6 Å². The SMILES string of the molecule is CC(C)CNC(=O)[C@](O)(CCl)C[C@H](O)[C@@H](N)CC1CCCCC1. The summed E-state index contributed by atoms with van der Waals surface area (Å²) in [5, 5.41) is 23.5. The number of aliphatic hydroxyl groups is 2. The van der Waals surface area contributed by atoms with Crippen LogP contribution in [0.15, 0.2) is 0 Å². The predicted molar refractivity (Wildman–Crippen MR) is 93.3 cm³/mol. The van der Waals surface area contributed by atoms with Gasteiger partial charge in [-0.1, -0.05) is 46.0 Å². The molecule has 0 aromatic carbocycles. The number of aliphatic hydroxyl groups excluding tert-OH is 1. The zero-order valence-corrected chi connectivity index (χ0v) is 15.2. The summed E-state index contributed by atoms with van der Waals surface area (Å²) in [6, 6.07) is -0.439. The van der Waals surface area contributed by atoms with Gasteiger partial charge < -0.3 is 21.3 Å². The fourth-order valence-electron chi connectivity index (χ4n) is 3.13. The molecule has 1 aliphatic rings. The smallest absolute Gasteiger partial charge is 0.253 e. The van der Waals surface area contributed by atoms with Crippen LogP contribution in [0.2, 0.25) is 0 Å². The van der Waals surface area contributed by atoms with Crippen LogP contribution in [-0.2, 0) is 4.79 Å². The quantitative estimate of drug-likeness (QED) is 0.477. The van der Waals surface area contributed by atoms with Gasteiger partial charge in [-0.25, -0.2) is 0 Å². The van der Waals surface area contributed by atoms with E-state index in [4.69, 9.17) is 17.3 Å². The third-order valence-electron chi connectivity index (χ3n) is 4.69. The molecule has 0 saturated heterocycles. The normalized spacial score (nSPS) is 21.7. The van der Waals surface area contributed by atoms with E-state index in [0.717, 1.165) is 19.3 Å². The maximum atomic E-state index is 12.2. The Hall–Kier alpha value is -0.360. The largest absolute Gasteiger partial charge is 0.391 e. The van der Waals surface area contributed by atoms with Crippen molar-refractivity contribution in [2.75, 3.05) is 12.4 Å². The van der Waals surface area contributed by atoms with Gasteiger partial charge in [-0.15, -0.1) is 11.6 Å². The minimum Gasteiger partial charge on any atom is -0.391 e. The third kappa shape index (κ3) is 6.96. The first-order valence-corrected chi connectivity index (χ1v) is 9.32. The Kier molecular flexibility index (Phi) is 8.83. The number of nitrogens with one attached hydrogen (secondary N) is 1. The van der Waals surface area contributed by atoms with Crippen LogP contribution in [0.1, 0.15) is 58.8 Å². The van der Waals surface area contributed by atoms with Gasteiger partial charge in [0.2, 0.25) is 0 Å². The van der Waals surface area contributed by atoms with E-state index in [1.807, 2.05) is 13.8 Å². The van der Waals surface area contributed by atoms with Crippen LogP contribution in [0.4, 0.5) is 0 Å². The molecule has 6 heteroatoms. The maximum Gasteiger partial charge on any atom is 0.253 e. The molecule has 0 bridgehead atoms. The molecule has 1 amide bonds. The lowest BCUT2D eigenvalue weighted by Crippen LogP contribution is -2.53. The van der Waals surface area contributed by atoms with Crippen LogP contribution in [0.25, 0.3) is 0 Å². The van der Waals surface area contributed by atoms with Crippen molar-refractivity contribution >= 4 is 17.5 Å². The molecule has 1 fully saturated rings. The Balaban J connectivity index is 2.52. The minimum absolute atomic E-state index is 0.131. The fourth-order valence-corrected chi connectivity index (χ4v) is 3.36. The number of alkyl halides is 1. The molecule has 1 saturated carbocycles. The van der Waals surface area contributed by atoms with Crippen molar-refractivity contribution in [2.45, 2.75) is 76.5 Å². The molecule has 0 aliphatic heterocycles. The lowest BCUT2D eigenvalue weighted by atomic mass is 9.82. The summed E-state index contributed by atoms with van der Waals surface area (Å²) in [4.78, 5) is 12.2. The van der Waals surface area contributed by atoms with Crippen LogP contribution in [-0.4, -0.2) is 46.3 Å². The Morgan fingerprint density at radius 2 is 1.96 bits per heavy atom. The molecule has 1 rings (SSSR count). The number of nitrogens with two attached hydrogens (primary N) is 1. The van der Waals surface area contributed by atoms with Crippen molar-refractivity contribution in [3.05, 3.63) is 0 Å². The van der Waals surface area contributed by atoms with Gasteiger partial charge in [0.1, 0.15) is 0 Å². The van der Waals surface area contributed by atoms with E-state index in [9.17, 15) is 15.0 Å². The minimum atomic E-state index is -1.78. The zero-order chi connectivity index (χ0) is 17.5. The number of hydrogen-bond acceptors (Lipinski definition) is 4. The molecule has 0 spiro atoms. The van der Waals surface area contributed by atoms with Crippen molar-refractivity contribution in [3.8, 4) is 0 Å². The van der Waals surface area contributed by atoms with E-state index < -0.39 is 23.7 Å². The van der Waals surface area contributed by atoms with Gasteiger partial charge in [0, 0.05) is 19.0 Å². The second kappa shape index (κ2) is 9.82. The first kappa shape index (κ1) is 20.7. The Labute approximate surface area is 145 Å². The second-order valence-electron chi connectivity index (χ2n) is 7.44. The van der Waals surface area contributed by atoms with Crippen molar-refractivity contribution in [3.63, 3.8) is 0 Å². The van der Waals surface area contributed by atoms with Crippen LogP contribution >= 0.6 is 11.6 Å². The second-order valence-corrected chi connectivity index (χ2v) is 7.71. The van der Waals surface area contributed by atoms with Crippen LogP contribution in [0, 0.1) is 11.8 Å². The monoisotopic (exact) mass is 348 g/mol. The van der Waals surface area contributed by atoms with E-state index in [1.165, 1.54) is 19.3 Å². The van der Waals surface area contributed by atoms with Gasteiger partial charge in [-0.2, -0.15) is 0 Å². The summed E-state index contributed by atoms with van der Waals surface area (Å²) in [5.41, 5.74) is 4.32. The van der Waals surface area contributed by atoms with E-state index >= 15 is 0 Å². The standard InChI is InChI=1S/C17H33ClN2O3/c1-12(2)10-20-16(22)17(23,11-18)9-15(21)14(19)8-13-6-4-3-5-7-13/h12-15,21,23H,3-11,19H2,1-2H3,(H,20,22)/t14-,15-,17+/m0/s1. The molecule has 1 aliphatic carbocycles. The highest BCUT2D eigenvalue weighted by Gasteiger charge is 2.39. The average molecular weight is 349 g/mol. The number of amides is 1. The molecule has 0 heterocycles. The van der Waals surface area contributed by atoms with E-state index in [0.29, 0.717) is 12.5 Å². The van der Waals surface area contributed by atoms with Gasteiger partial charge in [0.25, 0.3) is 5.91 Å². The van der Waals surface area contributed by atoms with Crippen LogP contribution in [0.3, 0.4) is 0 Å². The first-order valence-electron chi connectivity index (χ1n) is 8.78. The molecule has 23 heavy (non-hydrogen) atoms. The summed E-state index contributed by atoms with van der Waals surface area (Å²) in [7, 11) is 0. The summed E-state index contributed by atoms with van der Waals surface area (Å²) >= 11 is 5.80. The maximum absolute atomic E-state index is 12.2. The number of carbonyl (C=O) groups excluding carboxylic acids is 1. The van der Waals surface area contributed by atoms with E-state index in [2.05, 4.69) is 5.32 Å². The molecule has 0 aromatic rings. The number of rotatable bonds is 9. The summed E-state index contributed by atoms with van der Waals surface area (Å²) < 4.78 is 0. The third-order valence-corrected chi connectivity index (χ3v) is 5.13. The number of hydrogen-bond donors (Lipinski definition) is 4. The van der Waals surface area contributed by atoms with Crippen molar-refractivity contribution in [1.82, 2.24) is 5.32 Å². The molecule has 3 atom stereocenters. The van der Waals surface area contributed by atoms with Crippen molar-refractivity contribution in [1.29, 1.82) is 0 Å². The van der Waals surface area contributed by atoms with Gasteiger partial charge in [-0.3, -0.25) is 4.79 Å². The Bertz CT molecular complexity index is 362. The lowest BCUT2D eigenvalue weighted by molar-refractivity contribution is -0.141. The molecule has 5 nitrogen and oxygen atoms in total. The van der Waals surface area contributed by atoms with Crippen LogP contribution < -0.4 is 11.1 Å². The van der Waals surface area contributed by atoms with E-state index in [-0.39, 0.29) is 18.2 Å². The van der Waals surface area contributed by atoms with Gasteiger partial charge in [0.15, 0.2) is 5.60 Å².